The fourth-order valence-corrected chi connectivity index (χ4v) is 2.92. The van der Waals surface area contributed by atoms with E-state index in [1.54, 1.807) is 24.3 Å². The average molecular weight is 349 g/mol. The summed E-state index contributed by atoms with van der Waals surface area (Å²) in [6.07, 6.45) is 0.163. The van der Waals surface area contributed by atoms with Gasteiger partial charge in [-0.15, -0.1) is 11.3 Å². The lowest BCUT2D eigenvalue weighted by Gasteiger charge is -2.04. The van der Waals surface area contributed by atoms with E-state index in [-0.39, 0.29) is 12.3 Å². The van der Waals surface area contributed by atoms with E-state index in [9.17, 15) is 4.79 Å². The van der Waals surface area contributed by atoms with Crippen LogP contribution in [0.5, 0.6) is 0 Å². The van der Waals surface area contributed by atoms with Crippen LogP contribution in [-0.4, -0.2) is 15.9 Å². The van der Waals surface area contributed by atoms with Gasteiger partial charge in [0, 0.05) is 16.8 Å². The predicted molar refractivity (Wildman–Crippen MR) is 97.9 cm³/mol. The fraction of sp³-hybridized carbons (Fsp3) is 0.111. The van der Waals surface area contributed by atoms with Gasteiger partial charge in [0.05, 0.1) is 23.7 Å². The van der Waals surface area contributed by atoms with Gasteiger partial charge in [0.1, 0.15) is 5.82 Å². The molecule has 0 bridgehead atoms. The summed E-state index contributed by atoms with van der Waals surface area (Å²) in [7, 11) is 0. The van der Waals surface area contributed by atoms with Gasteiger partial charge in [-0.3, -0.25) is 4.79 Å². The van der Waals surface area contributed by atoms with Gasteiger partial charge in [0.25, 0.3) is 0 Å². The molecule has 2 aromatic heterocycles. The number of pyridine rings is 1. The summed E-state index contributed by atoms with van der Waals surface area (Å²) in [5.41, 5.74) is 2.69. The fourth-order valence-electron chi connectivity index (χ4n) is 2.20. The summed E-state index contributed by atoms with van der Waals surface area (Å²) in [5, 5.41) is 17.3. The Balaban J connectivity index is 1.61. The zero-order chi connectivity index (χ0) is 17.6. The Hall–Kier alpha value is -3.24. The first-order chi connectivity index (χ1) is 12.1. The zero-order valence-electron chi connectivity index (χ0n) is 13.5. The quantitative estimate of drug-likeness (QED) is 0.734. The van der Waals surface area contributed by atoms with E-state index in [4.69, 9.17) is 5.26 Å². The second-order valence-electron chi connectivity index (χ2n) is 5.35. The third-order valence-electron chi connectivity index (χ3n) is 3.29. The normalized spacial score (nSPS) is 10.1. The van der Waals surface area contributed by atoms with Crippen LogP contribution < -0.4 is 10.6 Å². The molecule has 1 aromatic carbocycles. The number of amides is 1. The Morgan fingerprint density at radius 2 is 2.08 bits per heavy atom. The molecular formula is C18H15N5OS. The van der Waals surface area contributed by atoms with Gasteiger partial charge < -0.3 is 10.6 Å². The number of anilines is 3. The molecule has 0 fully saturated rings. The van der Waals surface area contributed by atoms with Crippen molar-refractivity contribution in [3.8, 4) is 6.07 Å². The molecule has 0 aliphatic carbocycles. The minimum absolute atomic E-state index is 0.163. The molecule has 0 spiro atoms. The summed E-state index contributed by atoms with van der Waals surface area (Å²) in [5.74, 6) is 0.541. The molecule has 0 saturated carbocycles. The molecule has 124 valence electrons. The summed E-state index contributed by atoms with van der Waals surface area (Å²) >= 11 is 1.42. The summed E-state index contributed by atoms with van der Waals surface area (Å²) < 4.78 is 0. The van der Waals surface area contributed by atoms with E-state index in [0.29, 0.717) is 22.1 Å². The number of hydrogen-bond acceptors (Lipinski definition) is 6. The minimum atomic E-state index is -0.180. The van der Waals surface area contributed by atoms with Crippen LogP contribution in [0.1, 0.15) is 17.0 Å². The third kappa shape index (κ3) is 4.62. The van der Waals surface area contributed by atoms with Gasteiger partial charge >= 0.3 is 0 Å². The number of rotatable bonds is 5. The van der Waals surface area contributed by atoms with Crippen molar-refractivity contribution in [2.24, 2.45) is 0 Å². The lowest BCUT2D eigenvalue weighted by Crippen LogP contribution is -2.14. The van der Waals surface area contributed by atoms with Crippen LogP contribution >= 0.6 is 11.3 Å². The van der Waals surface area contributed by atoms with E-state index in [2.05, 4.69) is 20.6 Å². The van der Waals surface area contributed by atoms with Crippen LogP contribution in [0.15, 0.2) is 47.8 Å². The van der Waals surface area contributed by atoms with Crippen LogP contribution in [0.25, 0.3) is 0 Å². The van der Waals surface area contributed by atoms with Crippen LogP contribution in [0.2, 0.25) is 0 Å². The number of aryl methyl sites for hydroxylation is 1. The standard InChI is InChI=1S/C18H15N5OS/c1-12-4-2-7-16(20-12)23-18-22-15(11-25-18)9-17(24)21-14-6-3-5-13(8-14)10-19/h2-8,11H,9H2,1H3,(H,21,24)(H,20,22,23). The maximum absolute atomic E-state index is 12.1. The SMILES string of the molecule is Cc1cccc(Nc2nc(CC(=O)Nc3cccc(C#N)c3)cs2)n1. The van der Waals surface area contributed by atoms with Crippen molar-refractivity contribution < 1.29 is 4.79 Å². The number of benzene rings is 1. The van der Waals surface area contributed by atoms with Gasteiger partial charge in [0.15, 0.2) is 5.13 Å². The van der Waals surface area contributed by atoms with Crippen molar-refractivity contribution in [2.45, 2.75) is 13.3 Å². The Morgan fingerprint density at radius 1 is 1.24 bits per heavy atom. The van der Waals surface area contributed by atoms with Crippen molar-refractivity contribution in [2.75, 3.05) is 10.6 Å². The van der Waals surface area contributed by atoms with E-state index < -0.39 is 0 Å². The van der Waals surface area contributed by atoms with E-state index in [1.165, 1.54) is 11.3 Å². The molecule has 3 rings (SSSR count). The highest BCUT2D eigenvalue weighted by Crippen LogP contribution is 2.20. The molecule has 0 radical (unpaired) electrons. The number of nitrogens with zero attached hydrogens (tertiary/aromatic N) is 3. The highest BCUT2D eigenvalue weighted by Gasteiger charge is 2.09. The molecule has 0 atom stereocenters. The first-order valence-corrected chi connectivity index (χ1v) is 8.45. The molecule has 0 saturated heterocycles. The molecule has 7 heteroatoms. The van der Waals surface area contributed by atoms with Gasteiger partial charge in [0.2, 0.25) is 5.91 Å². The maximum atomic E-state index is 12.1. The van der Waals surface area contributed by atoms with Gasteiger partial charge in [-0.1, -0.05) is 12.1 Å². The number of aromatic nitrogens is 2. The predicted octanol–water partition coefficient (Wildman–Crippen LogP) is 3.64. The van der Waals surface area contributed by atoms with Crippen molar-refractivity contribution in [1.29, 1.82) is 5.26 Å². The van der Waals surface area contributed by atoms with Crippen molar-refractivity contribution in [1.82, 2.24) is 9.97 Å². The molecule has 0 unspecified atom stereocenters. The number of nitriles is 1. The molecule has 2 heterocycles. The Labute approximate surface area is 149 Å². The topological polar surface area (TPSA) is 90.7 Å². The smallest absolute Gasteiger partial charge is 0.230 e. The number of carbonyl (C=O) groups is 1. The Morgan fingerprint density at radius 3 is 2.88 bits per heavy atom. The van der Waals surface area contributed by atoms with E-state index in [0.717, 1.165) is 11.5 Å². The largest absolute Gasteiger partial charge is 0.326 e. The van der Waals surface area contributed by atoms with Crippen molar-refractivity contribution in [3.05, 3.63) is 64.8 Å². The zero-order valence-corrected chi connectivity index (χ0v) is 14.3. The number of carbonyl (C=O) groups excluding carboxylic acids is 1. The molecule has 6 nitrogen and oxygen atoms in total. The first kappa shape index (κ1) is 16.6. The lowest BCUT2D eigenvalue weighted by atomic mass is 10.2. The monoisotopic (exact) mass is 349 g/mol. The Bertz CT molecular complexity index is 944. The van der Waals surface area contributed by atoms with Gasteiger partial charge in [-0.05, 0) is 37.3 Å². The molecule has 1 amide bonds. The van der Waals surface area contributed by atoms with Gasteiger partial charge in [-0.25, -0.2) is 9.97 Å². The van der Waals surface area contributed by atoms with E-state index in [1.807, 2.05) is 36.6 Å². The summed E-state index contributed by atoms with van der Waals surface area (Å²) in [6, 6.07) is 14.5. The summed E-state index contributed by atoms with van der Waals surface area (Å²) in [6.45, 7) is 1.92. The first-order valence-electron chi connectivity index (χ1n) is 7.57. The van der Waals surface area contributed by atoms with Crippen LogP contribution in [0.4, 0.5) is 16.6 Å². The second-order valence-corrected chi connectivity index (χ2v) is 6.21. The number of thiazole rings is 1. The molecule has 25 heavy (non-hydrogen) atoms. The van der Waals surface area contributed by atoms with Gasteiger partial charge in [-0.2, -0.15) is 5.26 Å². The second kappa shape index (κ2) is 7.55. The highest BCUT2D eigenvalue weighted by molar-refractivity contribution is 7.13. The lowest BCUT2D eigenvalue weighted by molar-refractivity contribution is -0.115. The summed E-state index contributed by atoms with van der Waals surface area (Å²) in [4.78, 5) is 20.9. The van der Waals surface area contributed by atoms with Crippen LogP contribution in [0, 0.1) is 18.3 Å². The average Bonchev–Trinajstić information content (AvgIpc) is 3.01. The Kier molecular flexibility index (Phi) is 5.02. The molecular weight excluding hydrogens is 334 g/mol. The molecule has 2 N–H and O–H groups in total. The highest BCUT2D eigenvalue weighted by atomic mass is 32.1. The molecule has 0 aliphatic heterocycles. The van der Waals surface area contributed by atoms with E-state index >= 15 is 0 Å². The third-order valence-corrected chi connectivity index (χ3v) is 4.10. The van der Waals surface area contributed by atoms with Crippen LogP contribution in [0.3, 0.4) is 0 Å². The number of hydrogen-bond donors (Lipinski definition) is 2. The maximum Gasteiger partial charge on any atom is 0.230 e. The van der Waals surface area contributed by atoms with Crippen LogP contribution in [-0.2, 0) is 11.2 Å². The minimum Gasteiger partial charge on any atom is -0.326 e. The van der Waals surface area contributed by atoms with Crippen molar-refractivity contribution in [3.63, 3.8) is 0 Å². The molecule has 0 aliphatic rings. The van der Waals surface area contributed by atoms with Crippen molar-refractivity contribution >= 4 is 33.9 Å². The molecule has 3 aromatic rings. The number of nitrogens with one attached hydrogen (secondary N) is 2.